The first-order valence-electron chi connectivity index (χ1n) is 8.10. The minimum atomic E-state index is -4.77. The summed E-state index contributed by atoms with van der Waals surface area (Å²) >= 11 is 0. The summed E-state index contributed by atoms with van der Waals surface area (Å²) in [6.45, 7) is 7.16. The van der Waals surface area contributed by atoms with Crippen LogP contribution < -0.4 is 15.6 Å². The number of halogens is 3. The van der Waals surface area contributed by atoms with Crippen LogP contribution in [0.5, 0.6) is 5.75 Å². The molecule has 1 heterocycles. The van der Waals surface area contributed by atoms with Crippen LogP contribution in [-0.4, -0.2) is 22.2 Å². The molecule has 2 N–H and O–H groups in total. The highest BCUT2D eigenvalue weighted by Crippen LogP contribution is 2.34. The van der Waals surface area contributed by atoms with E-state index in [0.717, 1.165) is 6.07 Å². The average Bonchev–Trinajstić information content (AvgIpc) is 2.50. The van der Waals surface area contributed by atoms with Gasteiger partial charge in [-0.25, -0.2) is 4.98 Å². The molecule has 27 heavy (non-hydrogen) atoms. The summed E-state index contributed by atoms with van der Waals surface area (Å²) in [5, 5.41) is 2.79. The number of rotatable bonds is 4. The predicted octanol–water partition coefficient (Wildman–Crippen LogP) is 3.49. The van der Waals surface area contributed by atoms with Gasteiger partial charge in [-0.05, 0) is 30.0 Å². The van der Waals surface area contributed by atoms with E-state index < -0.39 is 29.3 Å². The van der Waals surface area contributed by atoms with Crippen molar-refractivity contribution in [2.45, 2.75) is 40.1 Å². The van der Waals surface area contributed by atoms with E-state index in [2.05, 4.69) is 20.0 Å². The fraction of sp³-hybridized carbons (Fsp3) is 0.389. The summed E-state index contributed by atoms with van der Waals surface area (Å²) in [6.07, 6.45) is -4.77. The molecule has 9 heteroatoms. The second kappa shape index (κ2) is 7.42. The van der Waals surface area contributed by atoms with Crippen LogP contribution in [0, 0.1) is 12.3 Å². The average molecular weight is 383 g/mol. The van der Waals surface area contributed by atoms with Gasteiger partial charge in [0.15, 0.2) is 0 Å². The summed E-state index contributed by atoms with van der Waals surface area (Å²) < 4.78 is 40.8. The molecule has 0 aliphatic heterocycles. The van der Waals surface area contributed by atoms with Crippen molar-refractivity contribution in [2.24, 2.45) is 5.41 Å². The number of benzene rings is 1. The summed E-state index contributed by atoms with van der Waals surface area (Å²) in [7, 11) is 0. The van der Waals surface area contributed by atoms with Gasteiger partial charge in [-0.2, -0.15) is 0 Å². The Kier molecular flexibility index (Phi) is 5.62. The molecule has 0 aliphatic carbocycles. The van der Waals surface area contributed by atoms with Gasteiger partial charge in [-0.15, -0.1) is 13.2 Å². The fourth-order valence-corrected chi connectivity index (χ4v) is 2.56. The van der Waals surface area contributed by atoms with Gasteiger partial charge in [0.1, 0.15) is 17.3 Å². The molecule has 1 amide bonds. The Bertz CT molecular complexity index is 868. The molecule has 146 valence electrons. The SMILES string of the molecule is Cc1nc(C(=O)NC(c2ccc(OC(F)(F)F)cc2)C(C)(C)C)cc(=O)[nH]1. The summed E-state index contributed by atoms with van der Waals surface area (Å²) in [6, 6.07) is 5.82. The molecule has 1 atom stereocenters. The molecule has 0 fully saturated rings. The van der Waals surface area contributed by atoms with Crippen molar-refractivity contribution in [3.8, 4) is 5.75 Å². The molecule has 0 bridgehead atoms. The number of amides is 1. The minimum absolute atomic E-state index is 0.0393. The van der Waals surface area contributed by atoms with Crippen molar-refractivity contribution in [3.05, 3.63) is 57.8 Å². The maximum atomic E-state index is 12.5. The van der Waals surface area contributed by atoms with Crippen LogP contribution in [-0.2, 0) is 0 Å². The number of aromatic amines is 1. The maximum absolute atomic E-state index is 12.5. The van der Waals surface area contributed by atoms with E-state index >= 15 is 0 Å². The van der Waals surface area contributed by atoms with Crippen molar-refractivity contribution in [1.29, 1.82) is 0 Å². The quantitative estimate of drug-likeness (QED) is 0.847. The van der Waals surface area contributed by atoms with Crippen molar-refractivity contribution >= 4 is 5.91 Å². The van der Waals surface area contributed by atoms with Crippen LogP contribution in [0.4, 0.5) is 13.2 Å². The molecule has 1 unspecified atom stereocenters. The Morgan fingerprint density at radius 1 is 1.19 bits per heavy atom. The second-order valence-electron chi connectivity index (χ2n) is 7.11. The highest BCUT2D eigenvalue weighted by Gasteiger charge is 2.32. The third-order valence-corrected chi connectivity index (χ3v) is 3.68. The van der Waals surface area contributed by atoms with Gasteiger partial charge in [-0.1, -0.05) is 32.9 Å². The Balaban J connectivity index is 2.28. The molecule has 2 aromatic rings. The molecular formula is C18H20F3N3O3. The van der Waals surface area contributed by atoms with E-state index in [0.29, 0.717) is 11.4 Å². The molecule has 0 aliphatic rings. The van der Waals surface area contributed by atoms with Crippen LogP contribution in [0.2, 0.25) is 0 Å². The van der Waals surface area contributed by atoms with Crippen molar-refractivity contribution < 1.29 is 22.7 Å². The van der Waals surface area contributed by atoms with Gasteiger partial charge < -0.3 is 15.0 Å². The van der Waals surface area contributed by atoms with E-state index in [1.165, 1.54) is 24.3 Å². The summed E-state index contributed by atoms with van der Waals surface area (Å²) in [4.78, 5) is 30.5. The van der Waals surface area contributed by atoms with Crippen LogP contribution in [0.15, 0.2) is 35.1 Å². The number of nitrogens with zero attached hydrogens (tertiary/aromatic N) is 1. The molecule has 0 radical (unpaired) electrons. The van der Waals surface area contributed by atoms with Gasteiger partial charge in [0, 0.05) is 6.07 Å². The zero-order chi connectivity index (χ0) is 20.4. The first-order chi connectivity index (χ1) is 12.3. The Hall–Kier alpha value is -2.84. The van der Waals surface area contributed by atoms with Gasteiger partial charge in [0.25, 0.3) is 11.5 Å². The number of aromatic nitrogens is 2. The van der Waals surface area contributed by atoms with Crippen LogP contribution >= 0.6 is 0 Å². The van der Waals surface area contributed by atoms with Gasteiger partial charge in [0.05, 0.1) is 6.04 Å². The van der Waals surface area contributed by atoms with Crippen LogP contribution in [0.1, 0.15) is 48.7 Å². The minimum Gasteiger partial charge on any atom is -0.406 e. The number of alkyl halides is 3. The fourth-order valence-electron chi connectivity index (χ4n) is 2.56. The smallest absolute Gasteiger partial charge is 0.406 e. The lowest BCUT2D eigenvalue weighted by molar-refractivity contribution is -0.274. The second-order valence-corrected chi connectivity index (χ2v) is 7.11. The lowest BCUT2D eigenvalue weighted by Crippen LogP contribution is -2.37. The molecule has 1 aromatic carbocycles. The number of hydrogen-bond acceptors (Lipinski definition) is 4. The maximum Gasteiger partial charge on any atom is 0.573 e. The first-order valence-corrected chi connectivity index (χ1v) is 8.10. The van der Waals surface area contributed by atoms with Gasteiger partial charge in [-0.3, -0.25) is 9.59 Å². The third kappa shape index (κ3) is 5.83. The number of nitrogens with one attached hydrogen (secondary N) is 2. The van der Waals surface area contributed by atoms with Gasteiger partial charge >= 0.3 is 6.36 Å². The highest BCUT2D eigenvalue weighted by atomic mass is 19.4. The first kappa shape index (κ1) is 20.5. The zero-order valence-electron chi connectivity index (χ0n) is 15.3. The monoisotopic (exact) mass is 383 g/mol. The number of H-pyrrole nitrogens is 1. The van der Waals surface area contributed by atoms with Gasteiger partial charge in [0.2, 0.25) is 0 Å². The topological polar surface area (TPSA) is 84.1 Å². The molecule has 0 saturated heterocycles. The lowest BCUT2D eigenvalue weighted by atomic mass is 9.82. The van der Waals surface area contributed by atoms with Crippen molar-refractivity contribution in [1.82, 2.24) is 15.3 Å². The van der Waals surface area contributed by atoms with E-state index in [4.69, 9.17) is 0 Å². The molecule has 2 rings (SSSR count). The number of aryl methyl sites for hydroxylation is 1. The Morgan fingerprint density at radius 3 is 2.26 bits per heavy atom. The third-order valence-electron chi connectivity index (χ3n) is 3.68. The number of hydrogen-bond donors (Lipinski definition) is 2. The van der Waals surface area contributed by atoms with E-state index in [-0.39, 0.29) is 11.4 Å². The lowest BCUT2D eigenvalue weighted by Gasteiger charge is -2.32. The zero-order valence-corrected chi connectivity index (χ0v) is 15.3. The van der Waals surface area contributed by atoms with E-state index in [1.807, 2.05) is 20.8 Å². The Morgan fingerprint density at radius 2 is 1.78 bits per heavy atom. The standard InChI is InChI=1S/C18H20F3N3O3/c1-10-22-13(9-14(25)23-10)16(26)24-15(17(2,3)4)11-5-7-12(8-6-11)27-18(19,20)21/h5-9,15H,1-4H3,(H,24,26)(H,22,23,25). The number of carbonyl (C=O) groups excluding carboxylic acids is 1. The van der Waals surface area contributed by atoms with Crippen LogP contribution in [0.25, 0.3) is 0 Å². The molecule has 0 spiro atoms. The predicted molar refractivity (Wildman–Crippen MR) is 92.4 cm³/mol. The van der Waals surface area contributed by atoms with Crippen molar-refractivity contribution in [2.75, 3.05) is 0 Å². The molecule has 6 nitrogen and oxygen atoms in total. The van der Waals surface area contributed by atoms with E-state index in [1.54, 1.807) is 6.92 Å². The summed E-state index contributed by atoms with van der Waals surface area (Å²) in [5.74, 6) is -0.606. The largest absolute Gasteiger partial charge is 0.573 e. The number of carbonyl (C=O) groups is 1. The van der Waals surface area contributed by atoms with Crippen LogP contribution in [0.3, 0.4) is 0 Å². The van der Waals surface area contributed by atoms with Crippen molar-refractivity contribution in [3.63, 3.8) is 0 Å². The Labute approximate surface area is 153 Å². The van der Waals surface area contributed by atoms with E-state index in [9.17, 15) is 22.8 Å². The molecular weight excluding hydrogens is 363 g/mol. The summed E-state index contributed by atoms with van der Waals surface area (Å²) in [5.41, 5.74) is -0.360. The molecule has 1 aromatic heterocycles. The molecule has 0 saturated carbocycles. The number of ether oxygens (including phenoxy) is 1. The highest BCUT2D eigenvalue weighted by molar-refractivity contribution is 5.92. The normalized spacial score (nSPS) is 13.1.